The molecule has 8 nitrogen and oxygen atoms in total. The number of amides is 2. The fourth-order valence-corrected chi connectivity index (χ4v) is 5.00. The zero-order chi connectivity index (χ0) is 22.8. The number of nitrogens with one attached hydrogen (secondary N) is 1. The predicted molar refractivity (Wildman–Crippen MR) is 116 cm³/mol. The fourth-order valence-electron chi connectivity index (χ4n) is 3.79. The first kappa shape index (κ1) is 21.6. The number of hydrogen-bond donors (Lipinski definition) is 2. The topological polar surface area (TPSA) is 113 Å². The van der Waals surface area contributed by atoms with Gasteiger partial charge in [0.2, 0.25) is 11.8 Å². The van der Waals surface area contributed by atoms with E-state index in [0.717, 1.165) is 11.8 Å². The van der Waals surface area contributed by atoms with E-state index >= 15 is 0 Å². The Labute approximate surface area is 188 Å². The second-order valence-electron chi connectivity index (χ2n) is 7.37. The fraction of sp³-hybridized carbons (Fsp3) is 0.217. The predicted octanol–water partition coefficient (Wildman–Crippen LogP) is 2.08. The summed E-state index contributed by atoms with van der Waals surface area (Å²) in [5, 5.41) is 13.0. The van der Waals surface area contributed by atoms with Crippen molar-refractivity contribution in [3.05, 3.63) is 82.8 Å². The minimum Gasteiger partial charge on any atom is -0.478 e. The van der Waals surface area contributed by atoms with Gasteiger partial charge in [-0.2, -0.15) is 0 Å². The molecule has 0 saturated carbocycles. The van der Waals surface area contributed by atoms with E-state index in [1.54, 1.807) is 24.3 Å². The highest BCUT2D eigenvalue weighted by atomic mass is 32.2. The molecule has 3 atom stereocenters. The van der Waals surface area contributed by atoms with Crippen LogP contribution in [-0.4, -0.2) is 51.2 Å². The molecule has 1 fully saturated rings. The van der Waals surface area contributed by atoms with E-state index in [9.17, 15) is 24.3 Å². The third kappa shape index (κ3) is 3.99. The van der Waals surface area contributed by atoms with Crippen LogP contribution in [0.3, 0.4) is 0 Å². The molecule has 2 aromatic carbocycles. The number of hydrogen-bond acceptors (Lipinski definition) is 6. The summed E-state index contributed by atoms with van der Waals surface area (Å²) >= 11 is 1.08. The molecule has 2 aromatic rings. The minimum atomic E-state index is -1.41. The van der Waals surface area contributed by atoms with Crippen LogP contribution in [0.15, 0.2) is 71.6 Å². The summed E-state index contributed by atoms with van der Waals surface area (Å²) in [6.07, 6.45) is -0.782. The van der Waals surface area contributed by atoms with Gasteiger partial charge in [-0.05, 0) is 16.5 Å². The average molecular weight is 452 g/mol. The van der Waals surface area contributed by atoms with Crippen molar-refractivity contribution < 1.29 is 29.0 Å². The van der Waals surface area contributed by atoms with Gasteiger partial charge in [-0.3, -0.25) is 9.59 Å². The lowest BCUT2D eigenvalue weighted by Gasteiger charge is -2.51. The lowest BCUT2D eigenvalue weighted by atomic mass is 9.97. The molecule has 1 saturated heterocycles. The Balaban J connectivity index is 1.65. The van der Waals surface area contributed by atoms with Gasteiger partial charge in [0.1, 0.15) is 11.4 Å². The van der Waals surface area contributed by atoms with Crippen molar-refractivity contribution >= 4 is 35.5 Å². The summed E-state index contributed by atoms with van der Waals surface area (Å²) in [7, 11) is 0. The van der Waals surface area contributed by atoms with Crippen molar-refractivity contribution in [3.8, 4) is 0 Å². The van der Waals surface area contributed by atoms with Crippen LogP contribution in [0.25, 0.3) is 0 Å². The Morgan fingerprint density at radius 1 is 1.03 bits per heavy atom. The molecule has 0 spiro atoms. The Bertz CT molecular complexity index is 1050. The second-order valence-corrected chi connectivity index (χ2v) is 8.36. The minimum absolute atomic E-state index is 0.245. The van der Waals surface area contributed by atoms with Gasteiger partial charge in [-0.15, -0.1) is 11.8 Å². The zero-order valence-electron chi connectivity index (χ0n) is 17.0. The van der Waals surface area contributed by atoms with Crippen molar-refractivity contribution in [3.63, 3.8) is 0 Å². The molecule has 2 N–H and O–H groups in total. The number of aliphatic carboxylic acids is 1. The van der Waals surface area contributed by atoms with Crippen molar-refractivity contribution in [2.45, 2.75) is 30.5 Å². The number of ether oxygens (including phenoxy) is 1. The number of carboxylic acids is 1. The summed E-state index contributed by atoms with van der Waals surface area (Å²) in [4.78, 5) is 50.5. The monoisotopic (exact) mass is 452 g/mol. The van der Waals surface area contributed by atoms with E-state index in [1.807, 2.05) is 36.4 Å². The first-order valence-corrected chi connectivity index (χ1v) is 10.8. The van der Waals surface area contributed by atoms with Gasteiger partial charge in [-0.25, -0.2) is 9.59 Å². The molecule has 2 aliphatic heterocycles. The summed E-state index contributed by atoms with van der Waals surface area (Å²) in [6.45, 7) is 1.29. The molecule has 0 aliphatic carbocycles. The molecular weight excluding hydrogens is 432 g/mol. The first-order chi connectivity index (χ1) is 15.4. The van der Waals surface area contributed by atoms with Crippen LogP contribution in [-0.2, 0) is 23.9 Å². The molecule has 32 heavy (non-hydrogen) atoms. The van der Waals surface area contributed by atoms with Crippen LogP contribution in [0.4, 0.5) is 0 Å². The van der Waals surface area contributed by atoms with Crippen LogP contribution >= 0.6 is 11.8 Å². The first-order valence-electron chi connectivity index (χ1n) is 9.87. The van der Waals surface area contributed by atoms with Gasteiger partial charge in [0, 0.05) is 6.92 Å². The van der Waals surface area contributed by atoms with Crippen LogP contribution in [0.2, 0.25) is 0 Å². The average Bonchev–Trinajstić information content (AvgIpc) is 2.80. The molecule has 2 heterocycles. The Morgan fingerprint density at radius 3 is 2.09 bits per heavy atom. The van der Waals surface area contributed by atoms with E-state index in [2.05, 4.69) is 5.32 Å². The SMILES string of the molecule is CC(=O)NC1C(=O)N2C(C(=O)OC(c3ccccc3)c3ccccc3)C(C(=O)O)=CS[C@H]12. The number of benzene rings is 2. The smallest absolute Gasteiger partial charge is 0.334 e. The molecule has 164 valence electrons. The van der Waals surface area contributed by atoms with Gasteiger partial charge in [-0.1, -0.05) is 60.7 Å². The normalized spacial score (nSPS) is 21.8. The highest BCUT2D eigenvalue weighted by Gasteiger charge is 2.57. The molecule has 0 aromatic heterocycles. The van der Waals surface area contributed by atoms with Gasteiger partial charge in [0.15, 0.2) is 12.1 Å². The Morgan fingerprint density at radius 2 is 1.59 bits per heavy atom. The summed E-state index contributed by atoms with van der Waals surface area (Å²) in [5.74, 6) is -3.08. The number of carbonyl (C=O) groups excluding carboxylic acids is 3. The number of fused-ring (bicyclic) bond motifs is 1. The van der Waals surface area contributed by atoms with Crippen molar-refractivity contribution in [1.29, 1.82) is 0 Å². The molecule has 9 heteroatoms. The van der Waals surface area contributed by atoms with Gasteiger partial charge < -0.3 is 20.1 Å². The molecule has 0 radical (unpaired) electrons. The summed E-state index contributed by atoms with van der Waals surface area (Å²) < 4.78 is 5.83. The number of carbonyl (C=O) groups is 4. The maximum absolute atomic E-state index is 13.3. The number of carboxylic acid groups (broad SMARTS) is 1. The second kappa shape index (κ2) is 8.88. The molecular formula is C23H20N2O6S. The van der Waals surface area contributed by atoms with Gasteiger partial charge >= 0.3 is 11.9 Å². The van der Waals surface area contributed by atoms with Crippen molar-refractivity contribution in [1.82, 2.24) is 10.2 Å². The maximum atomic E-state index is 13.3. The highest BCUT2D eigenvalue weighted by Crippen LogP contribution is 2.41. The van der Waals surface area contributed by atoms with Crippen LogP contribution in [0.5, 0.6) is 0 Å². The zero-order valence-corrected chi connectivity index (χ0v) is 17.8. The van der Waals surface area contributed by atoms with E-state index in [-0.39, 0.29) is 11.5 Å². The maximum Gasteiger partial charge on any atom is 0.334 e. The lowest BCUT2D eigenvalue weighted by molar-refractivity contribution is -0.166. The Hall–Kier alpha value is -3.59. The quantitative estimate of drug-likeness (QED) is 0.510. The standard InChI is InChI=1S/C23H20N2O6S/c1-13(26)24-17-20(27)25-18(16(22(28)29)12-32-21(17)25)23(30)31-19(14-8-4-2-5-9-14)15-10-6-3-7-11-15/h2-12,17-19,21H,1H3,(H,24,26)(H,28,29)/t17?,18?,21-/m1/s1. The summed E-state index contributed by atoms with van der Waals surface area (Å²) in [6, 6.07) is 15.9. The number of esters is 1. The Kier molecular flexibility index (Phi) is 6.00. The lowest BCUT2D eigenvalue weighted by Crippen LogP contribution is -2.74. The van der Waals surface area contributed by atoms with Gasteiger partial charge in [0.05, 0.1) is 5.57 Å². The number of nitrogens with zero attached hydrogens (tertiary/aromatic N) is 1. The van der Waals surface area contributed by atoms with Crippen LogP contribution in [0.1, 0.15) is 24.2 Å². The number of rotatable bonds is 6. The van der Waals surface area contributed by atoms with E-state index in [1.165, 1.54) is 17.2 Å². The third-order valence-corrected chi connectivity index (χ3v) is 6.42. The largest absolute Gasteiger partial charge is 0.478 e. The number of thioether (sulfide) groups is 1. The highest BCUT2D eigenvalue weighted by molar-refractivity contribution is 8.03. The summed E-state index contributed by atoms with van der Waals surface area (Å²) in [5.41, 5.74) is 1.17. The van der Waals surface area contributed by atoms with E-state index in [4.69, 9.17) is 4.74 Å². The van der Waals surface area contributed by atoms with Crippen LogP contribution < -0.4 is 5.32 Å². The van der Waals surface area contributed by atoms with E-state index < -0.39 is 41.4 Å². The van der Waals surface area contributed by atoms with Crippen molar-refractivity contribution in [2.24, 2.45) is 0 Å². The molecule has 2 amide bonds. The van der Waals surface area contributed by atoms with Crippen LogP contribution in [0, 0.1) is 0 Å². The molecule has 0 bridgehead atoms. The molecule has 4 rings (SSSR count). The molecule has 2 aliphatic rings. The third-order valence-electron chi connectivity index (χ3n) is 5.25. The van der Waals surface area contributed by atoms with Gasteiger partial charge in [0.25, 0.3) is 0 Å². The number of β-lactam (4-membered cyclic amide) rings is 1. The van der Waals surface area contributed by atoms with Crippen molar-refractivity contribution in [2.75, 3.05) is 0 Å². The molecule has 2 unspecified atom stereocenters. The van der Waals surface area contributed by atoms with E-state index in [0.29, 0.717) is 11.1 Å².